The van der Waals surface area contributed by atoms with Crippen LogP contribution in [0.15, 0.2) is 12.1 Å². The maximum absolute atomic E-state index is 12.5. The van der Waals surface area contributed by atoms with Crippen molar-refractivity contribution in [2.75, 3.05) is 13.1 Å². The van der Waals surface area contributed by atoms with Gasteiger partial charge >= 0.3 is 6.18 Å². The summed E-state index contributed by atoms with van der Waals surface area (Å²) in [4.78, 5) is 17.5. The third kappa shape index (κ3) is 3.11. The molecule has 0 unspecified atom stereocenters. The van der Waals surface area contributed by atoms with Crippen molar-refractivity contribution < 1.29 is 18.0 Å². The Labute approximate surface area is 115 Å². The number of alkyl halides is 3. The highest BCUT2D eigenvalue weighted by Gasteiger charge is 2.33. The number of pyridine rings is 1. The molecule has 0 aromatic carbocycles. The second kappa shape index (κ2) is 5.42. The van der Waals surface area contributed by atoms with Crippen molar-refractivity contribution in [3.63, 3.8) is 0 Å². The molecule has 0 saturated carbocycles. The first kappa shape index (κ1) is 14.8. The van der Waals surface area contributed by atoms with Crippen molar-refractivity contribution in [2.45, 2.75) is 32.9 Å². The van der Waals surface area contributed by atoms with Crippen LogP contribution in [0.4, 0.5) is 13.2 Å². The van der Waals surface area contributed by atoms with Crippen LogP contribution >= 0.6 is 0 Å². The SMILES string of the molecule is Cc1nc(C(F)(F)F)ccc1C(=O)N1CCC(C)CC1. The molecule has 1 amide bonds. The minimum atomic E-state index is -4.48. The van der Waals surface area contributed by atoms with Crippen molar-refractivity contribution >= 4 is 5.91 Å². The third-order valence-corrected chi connectivity index (χ3v) is 3.68. The average molecular weight is 286 g/mol. The van der Waals surface area contributed by atoms with E-state index in [9.17, 15) is 18.0 Å². The van der Waals surface area contributed by atoms with Gasteiger partial charge in [0.15, 0.2) is 0 Å². The predicted octanol–water partition coefficient (Wildman–Crippen LogP) is 3.28. The molecule has 20 heavy (non-hydrogen) atoms. The van der Waals surface area contributed by atoms with Crippen LogP contribution in [0.25, 0.3) is 0 Å². The Balaban J connectivity index is 2.19. The molecule has 110 valence electrons. The second-order valence-electron chi connectivity index (χ2n) is 5.30. The molecular weight excluding hydrogens is 269 g/mol. The van der Waals surface area contributed by atoms with E-state index in [1.807, 2.05) is 0 Å². The number of aryl methyl sites for hydroxylation is 1. The van der Waals surface area contributed by atoms with Crippen LogP contribution in [0, 0.1) is 12.8 Å². The molecule has 3 nitrogen and oxygen atoms in total. The summed E-state index contributed by atoms with van der Waals surface area (Å²) in [5.74, 6) is 0.363. The summed E-state index contributed by atoms with van der Waals surface area (Å²) in [6, 6.07) is 2.10. The van der Waals surface area contributed by atoms with Gasteiger partial charge in [0, 0.05) is 13.1 Å². The molecule has 0 bridgehead atoms. The lowest BCUT2D eigenvalue weighted by molar-refractivity contribution is -0.141. The maximum Gasteiger partial charge on any atom is 0.433 e. The Morgan fingerprint density at radius 1 is 1.30 bits per heavy atom. The van der Waals surface area contributed by atoms with Crippen LogP contribution < -0.4 is 0 Å². The van der Waals surface area contributed by atoms with Gasteiger partial charge in [-0.1, -0.05) is 6.92 Å². The molecule has 0 radical (unpaired) electrons. The van der Waals surface area contributed by atoms with Crippen molar-refractivity contribution in [2.24, 2.45) is 5.92 Å². The van der Waals surface area contributed by atoms with E-state index in [4.69, 9.17) is 0 Å². The molecule has 1 saturated heterocycles. The zero-order valence-corrected chi connectivity index (χ0v) is 11.5. The van der Waals surface area contributed by atoms with Crippen LogP contribution in [-0.2, 0) is 6.18 Å². The standard InChI is InChI=1S/C14H17F3N2O/c1-9-5-7-19(8-6-9)13(20)11-3-4-12(14(15,16)17)18-10(11)2/h3-4,9H,5-8H2,1-2H3. The Hall–Kier alpha value is -1.59. The Bertz CT molecular complexity index is 506. The number of halogens is 3. The van der Waals surface area contributed by atoms with Crippen molar-refractivity contribution in [3.8, 4) is 0 Å². The second-order valence-corrected chi connectivity index (χ2v) is 5.30. The third-order valence-electron chi connectivity index (χ3n) is 3.68. The van der Waals surface area contributed by atoms with Gasteiger partial charge in [0.1, 0.15) is 5.69 Å². The van der Waals surface area contributed by atoms with E-state index in [2.05, 4.69) is 11.9 Å². The number of hydrogen-bond acceptors (Lipinski definition) is 2. The number of hydrogen-bond donors (Lipinski definition) is 0. The Kier molecular flexibility index (Phi) is 4.01. The first-order chi connectivity index (χ1) is 9.29. The number of nitrogens with zero attached hydrogens (tertiary/aromatic N) is 2. The lowest BCUT2D eigenvalue weighted by atomic mass is 9.98. The molecule has 1 aromatic rings. The maximum atomic E-state index is 12.5. The minimum absolute atomic E-state index is 0.128. The Morgan fingerprint density at radius 2 is 1.90 bits per heavy atom. The van der Waals surface area contributed by atoms with Crippen LogP contribution in [0.3, 0.4) is 0 Å². The smallest absolute Gasteiger partial charge is 0.339 e. The molecule has 0 spiro atoms. The largest absolute Gasteiger partial charge is 0.433 e. The summed E-state index contributed by atoms with van der Waals surface area (Å²) in [5, 5.41) is 0. The monoisotopic (exact) mass is 286 g/mol. The minimum Gasteiger partial charge on any atom is -0.339 e. The lowest BCUT2D eigenvalue weighted by Gasteiger charge is -2.30. The Morgan fingerprint density at radius 3 is 2.40 bits per heavy atom. The summed E-state index contributed by atoms with van der Waals surface area (Å²) in [5.41, 5.74) is -0.574. The molecule has 2 rings (SSSR count). The van der Waals surface area contributed by atoms with Crippen LogP contribution in [0.1, 0.15) is 41.5 Å². The zero-order valence-electron chi connectivity index (χ0n) is 11.5. The molecule has 1 fully saturated rings. The van der Waals surface area contributed by atoms with E-state index in [0.29, 0.717) is 19.0 Å². The van der Waals surface area contributed by atoms with Crippen LogP contribution in [0.5, 0.6) is 0 Å². The van der Waals surface area contributed by atoms with Crippen LogP contribution in [0.2, 0.25) is 0 Å². The van der Waals surface area contributed by atoms with E-state index in [0.717, 1.165) is 18.9 Å². The molecule has 1 aliphatic rings. The van der Waals surface area contributed by atoms with Gasteiger partial charge in [-0.2, -0.15) is 13.2 Å². The number of carbonyl (C=O) groups excluding carboxylic acids is 1. The number of aromatic nitrogens is 1. The normalized spacial score (nSPS) is 17.4. The summed E-state index contributed by atoms with van der Waals surface area (Å²) in [6.07, 6.45) is -2.62. The number of piperidine rings is 1. The number of amides is 1. The molecule has 0 atom stereocenters. The molecule has 6 heteroatoms. The molecule has 0 N–H and O–H groups in total. The fourth-order valence-electron chi connectivity index (χ4n) is 2.33. The number of rotatable bonds is 1. The highest BCUT2D eigenvalue weighted by atomic mass is 19.4. The highest BCUT2D eigenvalue weighted by molar-refractivity contribution is 5.95. The van der Waals surface area contributed by atoms with Gasteiger partial charge in [-0.05, 0) is 37.8 Å². The quantitative estimate of drug-likeness (QED) is 0.793. The van der Waals surface area contributed by atoms with Crippen LogP contribution in [-0.4, -0.2) is 28.9 Å². The number of likely N-dealkylation sites (tertiary alicyclic amines) is 1. The lowest BCUT2D eigenvalue weighted by Crippen LogP contribution is -2.38. The fourth-order valence-corrected chi connectivity index (χ4v) is 2.33. The predicted molar refractivity (Wildman–Crippen MR) is 68.3 cm³/mol. The van der Waals surface area contributed by atoms with Crippen molar-refractivity contribution in [3.05, 3.63) is 29.1 Å². The first-order valence-corrected chi connectivity index (χ1v) is 6.63. The summed E-state index contributed by atoms with van der Waals surface area (Å²) < 4.78 is 37.6. The molecule has 1 aliphatic heterocycles. The highest BCUT2D eigenvalue weighted by Crippen LogP contribution is 2.28. The molecule has 2 heterocycles. The van der Waals surface area contributed by atoms with Gasteiger partial charge in [0.2, 0.25) is 0 Å². The molecular formula is C14H17F3N2O. The number of carbonyl (C=O) groups is 1. The zero-order chi connectivity index (χ0) is 14.9. The van der Waals surface area contributed by atoms with Gasteiger partial charge in [-0.15, -0.1) is 0 Å². The topological polar surface area (TPSA) is 33.2 Å². The van der Waals surface area contributed by atoms with E-state index < -0.39 is 11.9 Å². The van der Waals surface area contributed by atoms with Crippen molar-refractivity contribution in [1.82, 2.24) is 9.88 Å². The first-order valence-electron chi connectivity index (χ1n) is 6.63. The van der Waals surface area contributed by atoms with Crippen molar-refractivity contribution in [1.29, 1.82) is 0 Å². The molecule has 1 aromatic heterocycles. The van der Waals surface area contributed by atoms with Gasteiger partial charge in [0.05, 0.1) is 11.3 Å². The van der Waals surface area contributed by atoms with Gasteiger partial charge in [-0.25, -0.2) is 4.98 Å². The van der Waals surface area contributed by atoms with E-state index in [-0.39, 0.29) is 17.2 Å². The fraction of sp³-hybridized carbons (Fsp3) is 0.571. The summed E-state index contributed by atoms with van der Waals surface area (Å²) in [7, 11) is 0. The summed E-state index contributed by atoms with van der Waals surface area (Å²) in [6.45, 7) is 4.88. The van der Waals surface area contributed by atoms with Gasteiger partial charge in [-0.3, -0.25) is 4.79 Å². The van der Waals surface area contributed by atoms with E-state index >= 15 is 0 Å². The van der Waals surface area contributed by atoms with E-state index in [1.54, 1.807) is 4.90 Å². The molecule has 0 aliphatic carbocycles. The van der Waals surface area contributed by atoms with E-state index in [1.165, 1.54) is 13.0 Å². The van der Waals surface area contributed by atoms with Gasteiger partial charge < -0.3 is 4.90 Å². The van der Waals surface area contributed by atoms with Gasteiger partial charge in [0.25, 0.3) is 5.91 Å². The summed E-state index contributed by atoms with van der Waals surface area (Å²) >= 11 is 0. The average Bonchev–Trinajstić information content (AvgIpc) is 2.37.